The van der Waals surface area contributed by atoms with E-state index in [-0.39, 0.29) is 23.6 Å². The summed E-state index contributed by atoms with van der Waals surface area (Å²) in [6, 6.07) is 5.20. The van der Waals surface area contributed by atoms with E-state index in [1.165, 1.54) is 0 Å². The van der Waals surface area contributed by atoms with Crippen LogP contribution in [0.25, 0.3) is 0 Å². The Morgan fingerprint density at radius 1 is 1.27 bits per heavy atom. The van der Waals surface area contributed by atoms with E-state index < -0.39 is 0 Å². The lowest BCUT2D eigenvalue weighted by molar-refractivity contribution is 0.0916. The van der Waals surface area contributed by atoms with E-state index in [1.807, 2.05) is 6.92 Å². The molecule has 1 amide bonds. The van der Waals surface area contributed by atoms with Gasteiger partial charge in [-0.15, -0.1) is 0 Å². The molecule has 0 unspecified atom stereocenters. The quantitative estimate of drug-likeness (QED) is 0.890. The van der Waals surface area contributed by atoms with Gasteiger partial charge < -0.3 is 5.32 Å². The molecule has 3 rings (SSSR count). The second kappa shape index (κ2) is 6.13. The number of aromatic nitrogens is 4. The second-order valence-electron chi connectivity index (χ2n) is 5.71. The number of carbonyl (C=O) groups is 1. The van der Waals surface area contributed by atoms with E-state index >= 15 is 0 Å². The minimum atomic E-state index is -0.133. The lowest BCUT2D eigenvalue weighted by atomic mass is 9.91. The Labute approximate surface area is 127 Å². The van der Waals surface area contributed by atoms with Crippen molar-refractivity contribution in [3.63, 3.8) is 0 Å². The minimum absolute atomic E-state index is 0.0597. The number of H-pyrrole nitrogens is 1. The first kappa shape index (κ1) is 14.5. The zero-order valence-electron chi connectivity index (χ0n) is 12.5. The van der Waals surface area contributed by atoms with Gasteiger partial charge in [-0.3, -0.25) is 14.7 Å². The van der Waals surface area contributed by atoms with Crippen LogP contribution in [-0.4, -0.2) is 31.9 Å². The van der Waals surface area contributed by atoms with Gasteiger partial charge in [0.05, 0.1) is 11.7 Å². The average Bonchev–Trinajstić information content (AvgIpc) is 3.05. The number of amides is 1. The van der Waals surface area contributed by atoms with Crippen LogP contribution in [0.15, 0.2) is 29.2 Å². The summed E-state index contributed by atoms with van der Waals surface area (Å²) in [5, 5.41) is 13.8. The molecule has 2 aromatic heterocycles. The van der Waals surface area contributed by atoms with Crippen LogP contribution in [0.3, 0.4) is 0 Å². The number of aromatic amines is 1. The molecule has 0 aliphatic heterocycles. The van der Waals surface area contributed by atoms with Crippen molar-refractivity contribution in [2.75, 3.05) is 0 Å². The molecule has 2 N–H and O–H groups in total. The van der Waals surface area contributed by atoms with Gasteiger partial charge in [0.25, 0.3) is 11.5 Å². The Morgan fingerprint density at radius 2 is 2.05 bits per heavy atom. The summed E-state index contributed by atoms with van der Waals surface area (Å²) in [6.07, 6.45) is 4.91. The van der Waals surface area contributed by atoms with Crippen molar-refractivity contribution in [1.82, 2.24) is 25.3 Å². The van der Waals surface area contributed by atoms with Crippen LogP contribution in [0.5, 0.6) is 0 Å². The van der Waals surface area contributed by atoms with Crippen LogP contribution in [0.1, 0.15) is 47.9 Å². The molecule has 7 nitrogen and oxygen atoms in total. The standard InChI is InChI=1S/C15H19N5O2/c1-10-2-7-14(21)20(19-10)12-5-3-11(4-6-12)17-15(22)13-8-9-16-18-13/h2,7-9,11-12H,3-6H2,1H3,(H,16,18)(H,17,22). The Bertz CT molecular complexity index is 699. The van der Waals surface area contributed by atoms with Crippen molar-refractivity contribution in [2.24, 2.45) is 0 Å². The molecule has 0 aromatic carbocycles. The summed E-state index contributed by atoms with van der Waals surface area (Å²) >= 11 is 0. The zero-order chi connectivity index (χ0) is 15.5. The highest BCUT2D eigenvalue weighted by molar-refractivity contribution is 5.92. The summed E-state index contributed by atoms with van der Waals surface area (Å²) in [7, 11) is 0. The molecular weight excluding hydrogens is 282 g/mol. The number of nitrogens with one attached hydrogen (secondary N) is 2. The summed E-state index contributed by atoms with van der Waals surface area (Å²) in [6.45, 7) is 1.88. The van der Waals surface area contributed by atoms with Crippen molar-refractivity contribution in [3.05, 3.63) is 46.1 Å². The molecule has 1 saturated carbocycles. The third-order valence-corrected chi connectivity index (χ3v) is 4.08. The molecule has 2 aromatic rings. The predicted octanol–water partition coefficient (Wildman–Crippen LogP) is 1.19. The van der Waals surface area contributed by atoms with Gasteiger partial charge in [0.1, 0.15) is 5.69 Å². The summed E-state index contributed by atoms with van der Waals surface area (Å²) < 4.78 is 1.59. The molecule has 116 valence electrons. The molecule has 1 aliphatic carbocycles. The third-order valence-electron chi connectivity index (χ3n) is 4.08. The predicted molar refractivity (Wildman–Crippen MR) is 80.6 cm³/mol. The second-order valence-corrected chi connectivity index (χ2v) is 5.71. The molecular formula is C15H19N5O2. The lowest BCUT2D eigenvalue weighted by Gasteiger charge is -2.29. The number of carbonyl (C=O) groups excluding carboxylic acids is 1. The monoisotopic (exact) mass is 301 g/mol. The fourth-order valence-electron chi connectivity index (χ4n) is 2.89. The van der Waals surface area contributed by atoms with Gasteiger partial charge in [-0.1, -0.05) is 0 Å². The zero-order valence-corrected chi connectivity index (χ0v) is 12.5. The maximum atomic E-state index is 12.0. The van der Waals surface area contributed by atoms with E-state index in [0.717, 1.165) is 31.4 Å². The summed E-state index contributed by atoms with van der Waals surface area (Å²) in [5.74, 6) is -0.133. The van der Waals surface area contributed by atoms with E-state index in [2.05, 4.69) is 20.6 Å². The van der Waals surface area contributed by atoms with Gasteiger partial charge in [-0.25, -0.2) is 4.68 Å². The maximum Gasteiger partial charge on any atom is 0.269 e. The maximum absolute atomic E-state index is 12.0. The summed E-state index contributed by atoms with van der Waals surface area (Å²) in [5.41, 5.74) is 1.25. The number of hydrogen-bond acceptors (Lipinski definition) is 4. The Morgan fingerprint density at radius 3 is 2.73 bits per heavy atom. The van der Waals surface area contributed by atoms with Crippen molar-refractivity contribution in [3.8, 4) is 0 Å². The van der Waals surface area contributed by atoms with Gasteiger partial charge in [0.2, 0.25) is 0 Å². The van der Waals surface area contributed by atoms with E-state index in [4.69, 9.17) is 0 Å². The first-order valence-electron chi connectivity index (χ1n) is 7.50. The minimum Gasteiger partial charge on any atom is -0.348 e. The Kier molecular flexibility index (Phi) is 4.04. The largest absolute Gasteiger partial charge is 0.348 e. The van der Waals surface area contributed by atoms with E-state index in [0.29, 0.717) is 5.69 Å². The molecule has 1 fully saturated rings. The van der Waals surface area contributed by atoms with E-state index in [9.17, 15) is 9.59 Å². The number of rotatable bonds is 3. The van der Waals surface area contributed by atoms with Crippen LogP contribution < -0.4 is 10.9 Å². The fraction of sp³-hybridized carbons (Fsp3) is 0.467. The molecule has 0 spiro atoms. The van der Waals surface area contributed by atoms with E-state index in [1.54, 1.807) is 29.1 Å². The topological polar surface area (TPSA) is 92.7 Å². The van der Waals surface area contributed by atoms with Crippen LogP contribution >= 0.6 is 0 Å². The number of hydrogen-bond donors (Lipinski definition) is 2. The molecule has 0 saturated heterocycles. The molecule has 22 heavy (non-hydrogen) atoms. The van der Waals surface area contributed by atoms with Gasteiger partial charge in [0, 0.05) is 18.3 Å². The molecule has 7 heteroatoms. The first-order valence-corrected chi connectivity index (χ1v) is 7.50. The van der Waals surface area contributed by atoms with Crippen LogP contribution in [-0.2, 0) is 0 Å². The van der Waals surface area contributed by atoms with Crippen molar-refractivity contribution in [2.45, 2.75) is 44.7 Å². The fourth-order valence-corrected chi connectivity index (χ4v) is 2.89. The summed E-state index contributed by atoms with van der Waals surface area (Å²) in [4.78, 5) is 23.9. The van der Waals surface area contributed by atoms with Crippen LogP contribution in [0.2, 0.25) is 0 Å². The van der Waals surface area contributed by atoms with Crippen molar-refractivity contribution < 1.29 is 4.79 Å². The molecule has 2 heterocycles. The van der Waals surface area contributed by atoms with Crippen molar-refractivity contribution >= 4 is 5.91 Å². The molecule has 0 radical (unpaired) electrons. The third kappa shape index (κ3) is 3.08. The first-order chi connectivity index (χ1) is 10.6. The van der Waals surface area contributed by atoms with Crippen LogP contribution in [0.4, 0.5) is 0 Å². The average molecular weight is 301 g/mol. The normalized spacial score (nSPS) is 21.5. The van der Waals surface area contributed by atoms with Gasteiger partial charge >= 0.3 is 0 Å². The number of aryl methyl sites for hydroxylation is 1. The van der Waals surface area contributed by atoms with Gasteiger partial charge in [-0.2, -0.15) is 10.2 Å². The molecule has 0 atom stereocenters. The smallest absolute Gasteiger partial charge is 0.269 e. The van der Waals surface area contributed by atoms with Crippen LogP contribution in [0, 0.1) is 6.92 Å². The molecule has 1 aliphatic rings. The van der Waals surface area contributed by atoms with Gasteiger partial charge in [0.15, 0.2) is 0 Å². The Hall–Kier alpha value is -2.44. The highest BCUT2D eigenvalue weighted by Crippen LogP contribution is 2.27. The molecule has 0 bridgehead atoms. The highest BCUT2D eigenvalue weighted by Gasteiger charge is 2.25. The number of nitrogens with zero attached hydrogens (tertiary/aromatic N) is 3. The van der Waals surface area contributed by atoms with Crippen molar-refractivity contribution in [1.29, 1.82) is 0 Å². The highest BCUT2D eigenvalue weighted by atomic mass is 16.2. The van der Waals surface area contributed by atoms with Gasteiger partial charge in [-0.05, 0) is 44.7 Å². The SMILES string of the molecule is Cc1ccc(=O)n(C2CCC(NC(=O)c3ccn[nH]3)CC2)n1. The Balaban J connectivity index is 1.59. The lowest BCUT2D eigenvalue weighted by Crippen LogP contribution is -2.39.